The molecule has 1 fully saturated rings. The number of aliphatic carboxylic acids is 1. The van der Waals surface area contributed by atoms with Crippen molar-refractivity contribution in [3.05, 3.63) is 25.3 Å². The number of rotatable bonds is 11. The molecule has 0 bridgehead atoms. The van der Waals surface area contributed by atoms with Crippen LogP contribution < -0.4 is 0 Å². The lowest BCUT2D eigenvalue weighted by Gasteiger charge is -2.33. The second-order valence-electron chi connectivity index (χ2n) is 5.82. The van der Waals surface area contributed by atoms with E-state index in [1.54, 1.807) is 19.3 Å². The Hall–Kier alpha value is -1.17. The van der Waals surface area contributed by atoms with Gasteiger partial charge in [0.1, 0.15) is 6.79 Å². The summed E-state index contributed by atoms with van der Waals surface area (Å²) in [5.74, 6) is -0.653. The Morgan fingerprint density at radius 1 is 1.32 bits per heavy atom. The van der Waals surface area contributed by atoms with Crippen molar-refractivity contribution in [3.8, 4) is 0 Å². The van der Waals surface area contributed by atoms with Crippen molar-refractivity contribution in [1.29, 1.82) is 0 Å². The molecule has 0 aromatic heterocycles. The van der Waals surface area contributed by atoms with E-state index in [9.17, 15) is 9.90 Å². The third-order valence-electron chi connectivity index (χ3n) is 4.09. The summed E-state index contributed by atoms with van der Waals surface area (Å²) >= 11 is 0. The second kappa shape index (κ2) is 9.77. The molecule has 126 valence electrons. The first kappa shape index (κ1) is 18.9. The van der Waals surface area contributed by atoms with Gasteiger partial charge in [0.05, 0.1) is 12.7 Å². The van der Waals surface area contributed by atoms with Crippen LogP contribution in [0.5, 0.6) is 0 Å². The SMILES string of the molecule is C=CCC(CC=C)(OCC1CCCC(OCOC)C1)C(=O)O. The van der Waals surface area contributed by atoms with Crippen molar-refractivity contribution in [2.45, 2.75) is 50.2 Å². The molecule has 0 spiro atoms. The topological polar surface area (TPSA) is 65.0 Å². The quantitative estimate of drug-likeness (QED) is 0.469. The molecule has 5 nitrogen and oxygen atoms in total. The summed E-state index contributed by atoms with van der Waals surface area (Å²) in [5.41, 5.74) is -1.25. The number of carboxylic acid groups (broad SMARTS) is 1. The normalized spacial score (nSPS) is 22.2. The lowest BCUT2D eigenvalue weighted by atomic mass is 9.87. The number of hydrogen-bond donors (Lipinski definition) is 1. The highest BCUT2D eigenvalue weighted by Crippen LogP contribution is 2.30. The fourth-order valence-corrected chi connectivity index (χ4v) is 2.89. The Bertz CT molecular complexity index is 356. The molecule has 0 amide bonds. The molecular weight excluding hydrogens is 284 g/mol. The summed E-state index contributed by atoms with van der Waals surface area (Å²) in [5, 5.41) is 9.52. The van der Waals surface area contributed by atoms with Crippen LogP contribution in [0, 0.1) is 5.92 Å². The van der Waals surface area contributed by atoms with E-state index in [-0.39, 0.29) is 18.9 Å². The zero-order valence-electron chi connectivity index (χ0n) is 13.5. The molecule has 5 heteroatoms. The van der Waals surface area contributed by atoms with Gasteiger partial charge in [0.2, 0.25) is 0 Å². The summed E-state index contributed by atoms with van der Waals surface area (Å²) in [7, 11) is 1.61. The summed E-state index contributed by atoms with van der Waals surface area (Å²) in [6, 6.07) is 0. The molecule has 0 aromatic rings. The van der Waals surface area contributed by atoms with Crippen LogP contribution in [-0.2, 0) is 19.0 Å². The van der Waals surface area contributed by atoms with Gasteiger partial charge in [-0.3, -0.25) is 0 Å². The molecule has 22 heavy (non-hydrogen) atoms. The third kappa shape index (κ3) is 5.55. The van der Waals surface area contributed by atoms with Gasteiger partial charge in [-0.2, -0.15) is 0 Å². The predicted octanol–water partition coefficient (Wildman–Crippen LogP) is 3.16. The van der Waals surface area contributed by atoms with Crippen LogP contribution in [-0.4, -0.2) is 43.3 Å². The Balaban J connectivity index is 2.57. The highest BCUT2D eigenvalue weighted by atomic mass is 16.7. The van der Waals surface area contributed by atoms with Gasteiger partial charge < -0.3 is 19.3 Å². The van der Waals surface area contributed by atoms with E-state index in [1.807, 2.05) is 0 Å². The minimum Gasteiger partial charge on any atom is -0.479 e. The van der Waals surface area contributed by atoms with Crippen LogP contribution in [0.1, 0.15) is 38.5 Å². The van der Waals surface area contributed by atoms with Crippen molar-refractivity contribution in [3.63, 3.8) is 0 Å². The molecule has 0 heterocycles. The summed E-state index contributed by atoms with van der Waals surface area (Å²) < 4.78 is 16.4. The second-order valence-corrected chi connectivity index (χ2v) is 5.82. The zero-order valence-corrected chi connectivity index (χ0v) is 13.5. The van der Waals surface area contributed by atoms with Crippen LogP contribution in [0.2, 0.25) is 0 Å². The van der Waals surface area contributed by atoms with Crippen molar-refractivity contribution >= 4 is 5.97 Å². The Kier molecular flexibility index (Phi) is 8.38. The number of methoxy groups -OCH3 is 1. The van der Waals surface area contributed by atoms with E-state index >= 15 is 0 Å². The van der Waals surface area contributed by atoms with Crippen molar-refractivity contribution in [2.24, 2.45) is 5.92 Å². The van der Waals surface area contributed by atoms with E-state index in [4.69, 9.17) is 14.2 Å². The van der Waals surface area contributed by atoms with Gasteiger partial charge in [-0.05, 0) is 25.2 Å². The lowest BCUT2D eigenvalue weighted by molar-refractivity contribution is -0.168. The Morgan fingerprint density at radius 3 is 2.55 bits per heavy atom. The standard InChI is InChI=1S/C17H28O5/c1-4-9-17(10-5-2,16(18)19)22-12-14-7-6-8-15(11-14)21-13-20-3/h4-5,14-15H,1-2,6-13H2,3H3,(H,18,19). The summed E-state index contributed by atoms with van der Waals surface area (Å²) in [6.07, 6.45) is 7.86. The van der Waals surface area contributed by atoms with Gasteiger partial charge in [0, 0.05) is 20.0 Å². The number of carbonyl (C=O) groups is 1. The van der Waals surface area contributed by atoms with E-state index in [0.29, 0.717) is 19.3 Å². The van der Waals surface area contributed by atoms with Crippen molar-refractivity contribution < 1.29 is 24.1 Å². The minimum atomic E-state index is -1.25. The van der Waals surface area contributed by atoms with Gasteiger partial charge in [-0.1, -0.05) is 18.6 Å². The molecule has 1 rings (SSSR count). The zero-order chi connectivity index (χ0) is 16.4. The molecule has 1 saturated carbocycles. The molecular formula is C17H28O5. The largest absolute Gasteiger partial charge is 0.479 e. The predicted molar refractivity (Wildman–Crippen MR) is 84.7 cm³/mol. The maximum Gasteiger partial charge on any atom is 0.336 e. The summed E-state index contributed by atoms with van der Waals surface area (Å²) in [4.78, 5) is 11.6. The number of carboxylic acids is 1. The third-order valence-corrected chi connectivity index (χ3v) is 4.09. The first-order valence-corrected chi connectivity index (χ1v) is 7.77. The molecule has 0 aliphatic heterocycles. The van der Waals surface area contributed by atoms with E-state index in [1.165, 1.54) is 0 Å². The molecule has 1 aliphatic rings. The monoisotopic (exact) mass is 312 g/mol. The molecule has 0 radical (unpaired) electrons. The smallest absolute Gasteiger partial charge is 0.336 e. The first-order valence-electron chi connectivity index (χ1n) is 7.77. The fourth-order valence-electron chi connectivity index (χ4n) is 2.89. The van der Waals surface area contributed by atoms with E-state index in [2.05, 4.69) is 13.2 Å². The van der Waals surface area contributed by atoms with Gasteiger partial charge in [-0.25, -0.2) is 4.79 Å². The highest BCUT2D eigenvalue weighted by molar-refractivity contribution is 5.78. The first-order chi connectivity index (χ1) is 10.6. The van der Waals surface area contributed by atoms with Gasteiger partial charge in [0.15, 0.2) is 5.60 Å². The molecule has 2 unspecified atom stereocenters. The lowest BCUT2D eigenvalue weighted by Crippen LogP contribution is -2.42. The van der Waals surface area contributed by atoms with Gasteiger partial charge in [-0.15, -0.1) is 13.2 Å². The van der Waals surface area contributed by atoms with Crippen molar-refractivity contribution in [1.82, 2.24) is 0 Å². The molecule has 2 atom stereocenters. The average molecular weight is 312 g/mol. The molecule has 1 N–H and O–H groups in total. The minimum absolute atomic E-state index is 0.167. The van der Waals surface area contributed by atoms with Crippen LogP contribution in [0.4, 0.5) is 0 Å². The fraction of sp³-hybridized carbons (Fsp3) is 0.706. The van der Waals surface area contributed by atoms with Crippen LogP contribution >= 0.6 is 0 Å². The van der Waals surface area contributed by atoms with Gasteiger partial charge in [0.25, 0.3) is 0 Å². The maximum atomic E-state index is 11.6. The van der Waals surface area contributed by atoms with Crippen LogP contribution in [0.25, 0.3) is 0 Å². The molecule has 0 saturated heterocycles. The van der Waals surface area contributed by atoms with Crippen LogP contribution in [0.15, 0.2) is 25.3 Å². The average Bonchev–Trinajstić information content (AvgIpc) is 2.51. The number of ether oxygens (including phenoxy) is 3. The highest BCUT2D eigenvalue weighted by Gasteiger charge is 2.38. The van der Waals surface area contributed by atoms with Gasteiger partial charge >= 0.3 is 5.97 Å². The number of hydrogen-bond acceptors (Lipinski definition) is 4. The van der Waals surface area contributed by atoms with Crippen LogP contribution in [0.3, 0.4) is 0 Å². The molecule has 1 aliphatic carbocycles. The molecule has 0 aromatic carbocycles. The Morgan fingerprint density at radius 2 is 2.00 bits per heavy atom. The van der Waals surface area contributed by atoms with E-state index in [0.717, 1.165) is 25.7 Å². The van der Waals surface area contributed by atoms with E-state index < -0.39 is 11.6 Å². The Labute approximate surface area is 132 Å². The maximum absolute atomic E-state index is 11.6. The summed E-state index contributed by atoms with van der Waals surface area (Å²) in [6.45, 7) is 7.99. The van der Waals surface area contributed by atoms with Crippen molar-refractivity contribution in [2.75, 3.05) is 20.5 Å².